The monoisotopic (exact) mass is 175 g/mol. The summed E-state index contributed by atoms with van der Waals surface area (Å²) in [5, 5.41) is 2.93. The van der Waals surface area contributed by atoms with Gasteiger partial charge in [-0.05, 0) is 26.3 Å². The molecule has 1 N–H and O–H groups in total. The van der Waals surface area contributed by atoms with Crippen molar-refractivity contribution in [2.75, 3.05) is 33.6 Å². The Hall–Kier alpha value is -0.120. The molecule has 0 spiro atoms. The lowest BCUT2D eigenvalue weighted by Gasteiger charge is -2.03. The maximum absolute atomic E-state index is 5.32. The second-order valence-electron chi connectivity index (χ2n) is 2.73. The topological polar surface area (TPSA) is 30.5 Å². The zero-order chi connectivity index (χ0) is 9.07. The van der Waals surface area contributed by atoms with Crippen molar-refractivity contribution in [3.63, 3.8) is 0 Å². The molecule has 0 amide bonds. The van der Waals surface area contributed by atoms with E-state index in [1.807, 2.05) is 7.05 Å². The van der Waals surface area contributed by atoms with E-state index in [1.54, 1.807) is 0 Å². The van der Waals surface area contributed by atoms with E-state index in [2.05, 4.69) is 12.2 Å². The highest BCUT2D eigenvalue weighted by atomic mass is 16.5. The molecule has 0 rings (SSSR count). The molecule has 3 nitrogen and oxygen atoms in total. The maximum Gasteiger partial charge on any atom is 0.0962 e. The largest absolute Gasteiger partial charge is 0.381 e. The molecule has 0 fully saturated rings. The zero-order valence-electron chi connectivity index (χ0n) is 8.27. The van der Waals surface area contributed by atoms with Gasteiger partial charge in [0, 0.05) is 19.8 Å². The average molecular weight is 175 g/mol. The van der Waals surface area contributed by atoms with Gasteiger partial charge in [-0.1, -0.05) is 6.92 Å². The normalized spacial score (nSPS) is 10.5. The molecule has 0 saturated heterocycles. The Morgan fingerprint density at radius 3 is 2.25 bits per heavy atom. The van der Waals surface area contributed by atoms with Crippen molar-refractivity contribution in [2.24, 2.45) is 0 Å². The van der Waals surface area contributed by atoms with Gasteiger partial charge in [-0.15, -0.1) is 0 Å². The summed E-state index contributed by atoms with van der Waals surface area (Å²) in [5.74, 6) is 0. The van der Waals surface area contributed by atoms with Crippen LogP contribution in [0.3, 0.4) is 0 Å². The minimum absolute atomic E-state index is 0.649. The maximum atomic E-state index is 5.32. The molecule has 0 radical (unpaired) electrons. The van der Waals surface area contributed by atoms with E-state index in [-0.39, 0.29) is 0 Å². The van der Waals surface area contributed by atoms with Gasteiger partial charge < -0.3 is 9.47 Å². The van der Waals surface area contributed by atoms with Gasteiger partial charge in [-0.2, -0.15) is 0 Å². The first-order valence-electron chi connectivity index (χ1n) is 4.72. The molecule has 0 aromatic carbocycles. The van der Waals surface area contributed by atoms with Crippen LogP contribution >= 0.6 is 0 Å². The van der Waals surface area contributed by atoms with Gasteiger partial charge in [0.25, 0.3) is 0 Å². The van der Waals surface area contributed by atoms with Gasteiger partial charge in [0.2, 0.25) is 0 Å². The van der Waals surface area contributed by atoms with Crippen LogP contribution < -0.4 is 5.32 Å². The molecule has 74 valence electrons. The average Bonchev–Trinajstić information content (AvgIpc) is 2.10. The van der Waals surface area contributed by atoms with Crippen LogP contribution in [-0.2, 0) is 9.47 Å². The van der Waals surface area contributed by atoms with Gasteiger partial charge in [-0.3, -0.25) is 5.32 Å². The second-order valence-corrected chi connectivity index (χ2v) is 2.73. The number of hydrogen-bond acceptors (Lipinski definition) is 3. The third-order valence-electron chi connectivity index (χ3n) is 1.42. The number of unbranched alkanes of at least 4 members (excludes halogenated alkanes) is 1. The standard InChI is InChI=1S/C9H21NO2/c1-3-6-11-7-4-5-8-12-9-10-2/h10H,3-9H2,1-2H3. The lowest BCUT2D eigenvalue weighted by Crippen LogP contribution is -2.12. The molecule has 0 bridgehead atoms. The predicted molar refractivity (Wildman–Crippen MR) is 50.2 cm³/mol. The van der Waals surface area contributed by atoms with E-state index in [4.69, 9.17) is 9.47 Å². The van der Waals surface area contributed by atoms with E-state index in [9.17, 15) is 0 Å². The van der Waals surface area contributed by atoms with Gasteiger partial charge in [0.05, 0.1) is 6.73 Å². The smallest absolute Gasteiger partial charge is 0.0962 e. The van der Waals surface area contributed by atoms with Crippen molar-refractivity contribution < 1.29 is 9.47 Å². The van der Waals surface area contributed by atoms with Crippen LogP contribution in [0.2, 0.25) is 0 Å². The third-order valence-corrected chi connectivity index (χ3v) is 1.42. The molecule has 12 heavy (non-hydrogen) atoms. The molecule has 0 aromatic heterocycles. The molecule has 0 atom stereocenters. The Bertz CT molecular complexity index is 68.9. The molecule has 0 heterocycles. The summed E-state index contributed by atoms with van der Waals surface area (Å²) in [4.78, 5) is 0. The van der Waals surface area contributed by atoms with Gasteiger partial charge in [-0.25, -0.2) is 0 Å². The molecular weight excluding hydrogens is 154 g/mol. The Morgan fingerprint density at radius 2 is 1.67 bits per heavy atom. The first kappa shape index (κ1) is 11.9. The van der Waals surface area contributed by atoms with Crippen molar-refractivity contribution in [1.82, 2.24) is 5.32 Å². The Morgan fingerprint density at radius 1 is 1.00 bits per heavy atom. The molecule has 0 saturated carbocycles. The molecule has 0 aromatic rings. The highest BCUT2D eigenvalue weighted by molar-refractivity contribution is 4.37. The number of hydrogen-bond donors (Lipinski definition) is 1. The Kier molecular flexibility index (Phi) is 10.8. The van der Waals surface area contributed by atoms with E-state index in [0.717, 1.165) is 39.1 Å². The van der Waals surface area contributed by atoms with E-state index < -0.39 is 0 Å². The van der Waals surface area contributed by atoms with E-state index >= 15 is 0 Å². The molecule has 0 aliphatic carbocycles. The summed E-state index contributed by atoms with van der Waals surface area (Å²) in [6.07, 6.45) is 3.30. The summed E-state index contributed by atoms with van der Waals surface area (Å²) in [7, 11) is 1.88. The summed E-state index contributed by atoms with van der Waals surface area (Å²) in [6.45, 7) is 5.36. The number of nitrogens with one attached hydrogen (secondary N) is 1. The van der Waals surface area contributed by atoms with Gasteiger partial charge >= 0.3 is 0 Å². The molecular formula is C9H21NO2. The van der Waals surface area contributed by atoms with Crippen LogP contribution in [0.1, 0.15) is 26.2 Å². The first-order valence-corrected chi connectivity index (χ1v) is 4.72. The van der Waals surface area contributed by atoms with Gasteiger partial charge in [0.15, 0.2) is 0 Å². The Labute approximate surface area is 75.4 Å². The van der Waals surface area contributed by atoms with Crippen molar-refractivity contribution in [2.45, 2.75) is 26.2 Å². The molecule has 0 unspecified atom stereocenters. The molecule has 3 heteroatoms. The van der Waals surface area contributed by atoms with Crippen LogP contribution in [0.5, 0.6) is 0 Å². The fourth-order valence-corrected chi connectivity index (χ4v) is 0.829. The SMILES string of the molecule is CCCOCCCCOCNC. The summed E-state index contributed by atoms with van der Waals surface area (Å²) < 4.78 is 10.5. The second kappa shape index (κ2) is 10.9. The van der Waals surface area contributed by atoms with Crippen LogP contribution in [0.15, 0.2) is 0 Å². The fraction of sp³-hybridized carbons (Fsp3) is 1.00. The minimum Gasteiger partial charge on any atom is -0.381 e. The molecule has 0 aliphatic rings. The lowest BCUT2D eigenvalue weighted by atomic mass is 10.3. The minimum atomic E-state index is 0.649. The summed E-state index contributed by atoms with van der Waals surface area (Å²) >= 11 is 0. The van der Waals surface area contributed by atoms with Crippen molar-refractivity contribution in [3.8, 4) is 0 Å². The Balaban J connectivity index is 2.73. The van der Waals surface area contributed by atoms with E-state index in [1.165, 1.54) is 0 Å². The fourth-order valence-electron chi connectivity index (χ4n) is 0.829. The van der Waals surface area contributed by atoms with Crippen molar-refractivity contribution in [3.05, 3.63) is 0 Å². The summed E-state index contributed by atoms with van der Waals surface area (Å²) in [6, 6.07) is 0. The van der Waals surface area contributed by atoms with Crippen LogP contribution in [0.25, 0.3) is 0 Å². The predicted octanol–water partition coefficient (Wildman–Crippen LogP) is 1.39. The van der Waals surface area contributed by atoms with E-state index in [0.29, 0.717) is 6.73 Å². The summed E-state index contributed by atoms with van der Waals surface area (Å²) in [5.41, 5.74) is 0. The number of ether oxygens (including phenoxy) is 2. The quantitative estimate of drug-likeness (QED) is 0.424. The van der Waals surface area contributed by atoms with Crippen LogP contribution in [0, 0.1) is 0 Å². The zero-order valence-corrected chi connectivity index (χ0v) is 8.27. The van der Waals surface area contributed by atoms with Crippen LogP contribution in [0.4, 0.5) is 0 Å². The third kappa shape index (κ3) is 9.88. The van der Waals surface area contributed by atoms with Crippen molar-refractivity contribution >= 4 is 0 Å². The first-order chi connectivity index (χ1) is 5.91. The van der Waals surface area contributed by atoms with Crippen molar-refractivity contribution in [1.29, 1.82) is 0 Å². The van der Waals surface area contributed by atoms with Gasteiger partial charge in [0.1, 0.15) is 0 Å². The molecule has 0 aliphatic heterocycles. The highest BCUT2D eigenvalue weighted by Crippen LogP contribution is 1.91. The van der Waals surface area contributed by atoms with Crippen LogP contribution in [-0.4, -0.2) is 33.6 Å². The number of rotatable bonds is 9. The lowest BCUT2D eigenvalue weighted by molar-refractivity contribution is 0.0969. The highest BCUT2D eigenvalue weighted by Gasteiger charge is 1.89.